The monoisotopic (exact) mass is 309 g/mol. The van der Waals surface area contributed by atoms with E-state index >= 15 is 0 Å². The molecule has 0 aliphatic carbocycles. The topological polar surface area (TPSA) is 51.0 Å². The molecule has 108 valence electrons. The van der Waals surface area contributed by atoms with E-state index in [9.17, 15) is 0 Å². The zero-order valence-electron chi connectivity index (χ0n) is 11.8. The Balaban J connectivity index is 1.95. The maximum Gasteiger partial charge on any atom is 0.196 e. The van der Waals surface area contributed by atoms with Crippen LogP contribution in [0.5, 0.6) is 0 Å². The number of anilines is 2. The average Bonchev–Trinajstić information content (AvgIpc) is 2.88. The second-order valence-electron chi connectivity index (χ2n) is 5.00. The predicted molar refractivity (Wildman–Crippen MR) is 88.8 cm³/mol. The number of aryl methyl sites for hydroxylation is 1. The number of para-hydroxylation sites is 2. The first-order valence-electron chi connectivity index (χ1n) is 6.90. The highest BCUT2D eigenvalue weighted by Gasteiger charge is 2.15. The zero-order chi connectivity index (χ0) is 15.1. The molecule has 0 spiro atoms. The quantitative estimate of drug-likeness (QED) is 0.561. The molecule has 0 saturated heterocycles. The molecule has 0 aliphatic rings. The standard InChI is InChI=1S/C17H12ClN3O/c1-10-19-15-11-6-2-5-9-14(11)22-16(15)17(20-10)21-13-8-4-3-7-12(13)18/h2-9H,1H3,(H,19,20,21). The Morgan fingerprint density at radius 3 is 2.64 bits per heavy atom. The Morgan fingerprint density at radius 1 is 1.00 bits per heavy atom. The molecular formula is C17H12ClN3O. The summed E-state index contributed by atoms with van der Waals surface area (Å²) in [6.07, 6.45) is 0. The van der Waals surface area contributed by atoms with E-state index in [4.69, 9.17) is 16.0 Å². The highest BCUT2D eigenvalue weighted by atomic mass is 35.5. The van der Waals surface area contributed by atoms with Gasteiger partial charge in [0.25, 0.3) is 0 Å². The lowest BCUT2D eigenvalue weighted by Gasteiger charge is -2.08. The van der Waals surface area contributed by atoms with Crippen molar-refractivity contribution < 1.29 is 4.42 Å². The van der Waals surface area contributed by atoms with Crippen LogP contribution in [0.3, 0.4) is 0 Å². The van der Waals surface area contributed by atoms with Crippen LogP contribution in [-0.4, -0.2) is 9.97 Å². The van der Waals surface area contributed by atoms with E-state index in [0.717, 1.165) is 22.2 Å². The van der Waals surface area contributed by atoms with Crippen LogP contribution in [-0.2, 0) is 0 Å². The van der Waals surface area contributed by atoms with Crippen molar-refractivity contribution in [1.82, 2.24) is 9.97 Å². The van der Waals surface area contributed by atoms with Gasteiger partial charge in [-0.3, -0.25) is 0 Å². The fourth-order valence-corrected chi connectivity index (χ4v) is 2.66. The van der Waals surface area contributed by atoms with Crippen LogP contribution in [0.15, 0.2) is 52.9 Å². The third-order valence-corrected chi connectivity index (χ3v) is 3.79. The van der Waals surface area contributed by atoms with Gasteiger partial charge in [-0.2, -0.15) is 0 Å². The first-order valence-corrected chi connectivity index (χ1v) is 7.27. The first-order chi connectivity index (χ1) is 10.7. The summed E-state index contributed by atoms with van der Waals surface area (Å²) in [5.41, 5.74) is 3.01. The van der Waals surface area contributed by atoms with Crippen LogP contribution in [0, 0.1) is 6.92 Å². The molecule has 4 aromatic rings. The average molecular weight is 310 g/mol. The number of nitrogens with one attached hydrogen (secondary N) is 1. The zero-order valence-corrected chi connectivity index (χ0v) is 12.6. The molecule has 4 rings (SSSR count). The van der Waals surface area contributed by atoms with Gasteiger partial charge in [0.05, 0.1) is 10.7 Å². The van der Waals surface area contributed by atoms with Gasteiger partial charge in [0.1, 0.15) is 16.9 Å². The minimum Gasteiger partial charge on any atom is -0.450 e. The minimum absolute atomic E-state index is 0.617. The third-order valence-electron chi connectivity index (χ3n) is 3.46. The molecule has 2 heterocycles. The van der Waals surface area contributed by atoms with E-state index < -0.39 is 0 Å². The van der Waals surface area contributed by atoms with Crippen molar-refractivity contribution in [2.75, 3.05) is 5.32 Å². The largest absolute Gasteiger partial charge is 0.450 e. The maximum atomic E-state index is 6.21. The van der Waals surface area contributed by atoms with Gasteiger partial charge in [-0.25, -0.2) is 9.97 Å². The molecular weight excluding hydrogens is 298 g/mol. The molecule has 2 aromatic carbocycles. The normalized spacial score (nSPS) is 11.2. The number of nitrogens with zero attached hydrogens (tertiary/aromatic N) is 2. The fraction of sp³-hybridized carbons (Fsp3) is 0.0588. The highest BCUT2D eigenvalue weighted by Crippen LogP contribution is 2.33. The Morgan fingerprint density at radius 2 is 1.77 bits per heavy atom. The Labute approximate surface area is 131 Å². The van der Waals surface area contributed by atoms with Crippen LogP contribution < -0.4 is 5.32 Å². The van der Waals surface area contributed by atoms with Gasteiger partial charge in [-0.15, -0.1) is 0 Å². The molecule has 0 fully saturated rings. The first kappa shape index (κ1) is 13.1. The number of fused-ring (bicyclic) bond motifs is 3. The number of furan rings is 1. The van der Waals surface area contributed by atoms with Crippen molar-refractivity contribution in [2.45, 2.75) is 6.92 Å². The number of rotatable bonds is 2. The minimum atomic E-state index is 0.617. The van der Waals surface area contributed by atoms with Gasteiger partial charge in [-0.05, 0) is 31.2 Å². The lowest BCUT2D eigenvalue weighted by molar-refractivity contribution is 0.666. The van der Waals surface area contributed by atoms with Crippen molar-refractivity contribution >= 4 is 45.2 Å². The van der Waals surface area contributed by atoms with Crippen LogP contribution in [0.4, 0.5) is 11.5 Å². The summed E-state index contributed by atoms with van der Waals surface area (Å²) in [5.74, 6) is 1.29. The van der Waals surface area contributed by atoms with Crippen molar-refractivity contribution in [3.63, 3.8) is 0 Å². The summed E-state index contributed by atoms with van der Waals surface area (Å²) in [6, 6.07) is 15.3. The molecule has 0 amide bonds. The molecule has 0 aliphatic heterocycles. The molecule has 1 N–H and O–H groups in total. The van der Waals surface area contributed by atoms with E-state index in [-0.39, 0.29) is 0 Å². The Kier molecular flexibility index (Phi) is 2.98. The number of hydrogen-bond donors (Lipinski definition) is 1. The van der Waals surface area contributed by atoms with Gasteiger partial charge >= 0.3 is 0 Å². The smallest absolute Gasteiger partial charge is 0.196 e. The summed E-state index contributed by atoms with van der Waals surface area (Å²) in [7, 11) is 0. The van der Waals surface area contributed by atoms with Crippen molar-refractivity contribution in [3.8, 4) is 0 Å². The molecule has 0 atom stereocenters. The molecule has 0 bridgehead atoms. The summed E-state index contributed by atoms with van der Waals surface area (Å²) in [4.78, 5) is 8.97. The van der Waals surface area contributed by atoms with Gasteiger partial charge in [-0.1, -0.05) is 35.9 Å². The Hall–Kier alpha value is -2.59. The molecule has 5 heteroatoms. The summed E-state index contributed by atoms with van der Waals surface area (Å²) in [6.45, 7) is 1.86. The van der Waals surface area contributed by atoms with Gasteiger partial charge in [0, 0.05) is 5.39 Å². The molecule has 4 nitrogen and oxygen atoms in total. The second-order valence-corrected chi connectivity index (χ2v) is 5.41. The van der Waals surface area contributed by atoms with Gasteiger partial charge in [0.15, 0.2) is 11.4 Å². The molecule has 2 aromatic heterocycles. The molecule has 0 radical (unpaired) electrons. The van der Waals surface area contributed by atoms with E-state index in [2.05, 4.69) is 15.3 Å². The lowest BCUT2D eigenvalue weighted by atomic mass is 10.2. The summed E-state index contributed by atoms with van der Waals surface area (Å²) in [5, 5.41) is 4.85. The van der Waals surface area contributed by atoms with Crippen LogP contribution in [0.25, 0.3) is 22.1 Å². The lowest BCUT2D eigenvalue weighted by Crippen LogP contribution is -1.98. The molecule has 0 unspecified atom stereocenters. The third kappa shape index (κ3) is 2.09. The SMILES string of the molecule is Cc1nc(Nc2ccccc2Cl)c2oc3ccccc3c2n1. The maximum absolute atomic E-state index is 6.21. The van der Waals surface area contributed by atoms with Gasteiger partial charge in [0.2, 0.25) is 0 Å². The van der Waals surface area contributed by atoms with E-state index in [1.165, 1.54) is 0 Å². The van der Waals surface area contributed by atoms with Gasteiger partial charge < -0.3 is 9.73 Å². The number of benzene rings is 2. The number of aromatic nitrogens is 2. The predicted octanol–water partition coefficient (Wildman–Crippen LogP) is 5.08. The van der Waals surface area contributed by atoms with Crippen molar-refractivity contribution in [1.29, 1.82) is 0 Å². The van der Waals surface area contributed by atoms with Crippen LogP contribution in [0.2, 0.25) is 5.02 Å². The number of halogens is 1. The number of hydrogen-bond acceptors (Lipinski definition) is 4. The second kappa shape index (κ2) is 5.00. The van der Waals surface area contributed by atoms with E-state index in [0.29, 0.717) is 22.2 Å². The summed E-state index contributed by atoms with van der Waals surface area (Å²) < 4.78 is 5.92. The van der Waals surface area contributed by atoms with E-state index in [1.54, 1.807) is 0 Å². The van der Waals surface area contributed by atoms with Crippen molar-refractivity contribution in [2.24, 2.45) is 0 Å². The van der Waals surface area contributed by atoms with E-state index in [1.807, 2.05) is 55.5 Å². The Bertz CT molecular complexity index is 994. The molecule has 0 saturated carbocycles. The molecule has 22 heavy (non-hydrogen) atoms. The van der Waals surface area contributed by atoms with Crippen molar-refractivity contribution in [3.05, 3.63) is 59.4 Å². The summed E-state index contributed by atoms with van der Waals surface area (Å²) >= 11 is 6.21. The highest BCUT2D eigenvalue weighted by molar-refractivity contribution is 6.33. The van der Waals surface area contributed by atoms with Crippen LogP contribution >= 0.6 is 11.6 Å². The fourth-order valence-electron chi connectivity index (χ4n) is 2.48. The van der Waals surface area contributed by atoms with Crippen LogP contribution in [0.1, 0.15) is 5.82 Å².